The fourth-order valence-electron chi connectivity index (χ4n) is 2.31. The highest BCUT2D eigenvalue weighted by molar-refractivity contribution is 5.85. The number of aromatic nitrogens is 2. The van der Waals surface area contributed by atoms with Crippen LogP contribution in [-0.4, -0.2) is 67.2 Å². The van der Waals surface area contributed by atoms with Crippen LogP contribution in [0.5, 0.6) is 5.88 Å². The molecule has 1 fully saturated rings. The molecule has 1 amide bonds. The van der Waals surface area contributed by atoms with Gasteiger partial charge in [-0.2, -0.15) is 4.98 Å². The molecule has 124 valence electrons. The lowest BCUT2D eigenvalue weighted by molar-refractivity contribution is -0.130. The number of hydrogen-bond acceptors (Lipinski definition) is 6. The van der Waals surface area contributed by atoms with Crippen molar-refractivity contribution in [1.29, 1.82) is 0 Å². The minimum atomic E-state index is 0. The van der Waals surface area contributed by atoms with Gasteiger partial charge in [0.2, 0.25) is 17.7 Å². The van der Waals surface area contributed by atoms with Gasteiger partial charge in [0.1, 0.15) is 0 Å². The van der Waals surface area contributed by atoms with Crippen LogP contribution in [0, 0.1) is 6.92 Å². The van der Waals surface area contributed by atoms with E-state index >= 15 is 0 Å². The number of nitrogens with one attached hydrogen (secondary N) is 1. The van der Waals surface area contributed by atoms with Crippen LogP contribution in [-0.2, 0) is 4.79 Å². The van der Waals surface area contributed by atoms with Crippen LogP contribution in [0.1, 0.15) is 12.6 Å². The fourth-order valence-corrected chi connectivity index (χ4v) is 2.31. The van der Waals surface area contributed by atoms with Gasteiger partial charge in [-0.25, -0.2) is 4.98 Å². The summed E-state index contributed by atoms with van der Waals surface area (Å²) >= 11 is 0. The summed E-state index contributed by atoms with van der Waals surface area (Å²) in [6.07, 6.45) is 0. The van der Waals surface area contributed by atoms with Crippen molar-refractivity contribution < 1.29 is 9.53 Å². The van der Waals surface area contributed by atoms with Crippen LogP contribution in [0.4, 0.5) is 5.95 Å². The van der Waals surface area contributed by atoms with Crippen molar-refractivity contribution in [2.45, 2.75) is 13.8 Å². The zero-order valence-electron chi connectivity index (χ0n) is 13.3. The topological polar surface area (TPSA) is 70.6 Å². The normalized spacial score (nSPS) is 14.5. The maximum absolute atomic E-state index is 11.8. The Hall–Kier alpha value is -1.60. The Morgan fingerprint density at radius 2 is 2.00 bits per heavy atom. The lowest BCUT2D eigenvalue weighted by Gasteiger charge is -2.34. The molecule has 1 aromatic heterocycles. The molecule has 22 heavy (non-hydrogen) atoms. The Bertz CT molecular complexity index is 492. The van der Waals surface area contributed by atoms with Gasteiger partial charge in [0.25, 0.3) is 0 Å². The van der Waals surface area contributed by atoms with Crippen molar-refractivity contribution in [3.05, 3.63) is 11.8 Å². The van der Waals surface area contributed by atoms with Crippen LogP contribution in [0.3, 0.4) is 0 Å². The van der Waals surface area contributed by atoms with Crippen molar-refractivity contribution in [2.24, 2.45) is 0 Å². The standard InChI is InChI=1S/C14H23N5O2.ClH/c1-4-21-12-9-11(2)16-14(17-12)19-7-5-18(6-8-19)13(20)10-15-3;/h9,15H,4-8,10H2,1-3H3;1H. The molecule has 0 spiro atoms. The molecule has 1 aromatic rings. The highest BCUT2D eigenvalue weighted by Gasteiger charge is 2.22. The van der Waals surface area contributed by atoms with Gasteiger partial charge < -0.3 is 19.9 Å². The SMILES string of the molecule is CCOc1cc(C)nc(N2CCN(C(=O)CNC)CC2)n1.Cl. The first-order valence-corrected chi connectivity index (χ1v) is 7.30. The van der Waals surface area contributed by atoms with E-state index in [1.54, 1.807) is 7.05 Å². The number of hydrogen-bond donors (Lipinski definition) is 1. The summed E-state index contributed by atoms with van der Waals surface area (Å²) in [6.45, 7) is 7.71. The zero-order valence-corrected chi connectivity index (χ0v) is 14.2. The summed E-state index contributed by atoms with van der Waals surface area (Å²) in [5, 5.41) is 2.89. The van der Waals surface area contributed by atoms with Crippen molar-refractivity contribution in [3.8, 4) is 5.88 Å². The first-order chi connectivity index (χ1) is 10.1. The van der Waals surface area contributed by atoms with Crippen molar-refractivity contribution in [2.75, 3.05) is 51.3 Å². The number of aryl methyl sites for hydroxylation is 1. The Morgan fingerprint density at radius 1 is 1.32 bits per heavy atom. The molecule has 2 heterocycles. The van der Waals surface area contributed by atoms with Gasteiger partial charge in [-0.3, -0.25) is 4.79 Å². The molecule has 0 bridgehead atoms. The molecule has 1 aliphatic rings. The lowest BCUT2D eigenvalue weighted by atomic mass is 10.3. The molecule has 1 saturated heterocycles. The first kappa shape index (κ1) is 18.4. The molecule has 0 saturated carbocycles. The second-order valence-electron chi connectivity index (χ2n) is 4.98. The number of rotatable bonds is 5. The van der Waals surface area contributed by atoms with Gasteiger partial charge in [0.15, 0.2) is 0 Å². The molecule has 2 rings (SSSR count). The van der Waals surface area contributed by atoms with Gasteiger partial charge >= 0.3 is 0 Å². The van der Waals surface area contributed by atoms with E-state index in [0.29, 0.717) is 38.1 Å². The molecule has 0 atom stereocenters. The van der Waals surface area contributed by atoms with Gasteiger partial charge in [0.05, 0.1) is 13.2 Å². The number of likely N-dealkylation sites (N-methyl/N-ethyl adjacent to an activating group) is 1. The number of piperazine rings is 1. The van der Waals surface area contributed by atoms with E-state index in [0.717, 1.165) is 18.8 Å². The Kier molecular flexibility index (Phi) is 7.34. The minimum absolute atomic E-state index is 0. The summed E-state index contributed by atoms with van der Waals surface area (Å²) in [5.41, 5.74) is 0.886. The maximum atomic E-state index is 11.8. The number of carbonyl (C=O) groups is 1. The molecule has 8 heteroatoms. The van der Waals surface area contributed by atoms with E-state index in [-0.39, 0.29) is 18.3 Å². The number of halogens is 1. The average molecular weight is 330 g/mol. The first-order valence-electron chi connectivity index (χ1n) is 7.30. The van der Waals surface area contributed by atoms with Crippen molar-refractivity contribution >= 4 is 24.3 Å². The summed E-state index contributed by atoms with van der Waals surface area (Å²) in [7, 11) is 1.78. The molecule has 0 unspecified atom stereocenters. The minimum Gasteiger partial charge on any atom is -0.478 e. The highest BCUT2D eigenvalue weighted by atomic mass is 35.5. The molecule has 7 nitrogen and oxygen atoms in total. The summed E-state index contributed by atoms with van der Waals surface area (Å²) in [6, 6.07) is 1.83. The summed E-state index contributed by atoms with van der Waals surface area (Å²) < 4.78 is 5.46. The Balaban J connectivity index is 0.00000242. The smallest absolute Gasteiger partial charge is 0.236 e. The van der Waals surface area contributed by atoms with E-state index in [9.17, 15) is 4.79 Å². The van der Waals surface area contributed by atoms with Crippen LogP contribution < -0.4 is 15.0 Å². The van der Waals surface area contributed by atoms with Crippen LogP contribution >= 0.6 is 12.4 Å². The Morgan fingerprint density at radius 3 is 2.59 bits per heavy atom. The molecular weight excluding hydrogens is 306 g/mol. The van der Waals surface area contributed by atoms with Gasteiger partial charge in [-0.15, -0.1) is 12.4 Å². The molecular formula is C14H24ClN5O2. The molecule has 0 aliphatic carbocycles. The fraction of sp³-hybridized carbons (Fsp3) is 0.643. The third-order valence-corrected chi connectivity index (χ3v) is 3.35. The van der Waals surface area contributed by atoms with Crippen molar-refractivity contribution in [1.82, 2.24) is 20.2 Å². The maximum Gasteiger partial charge on any atom is 0.236 e. The second kappa shape index (κ2) is 8.75. The molecule has 0 aromatic carbocycles. The number of nitrogens with zero attached hydrogens (tertiary/aromatic N) is 4. The quantitative estimate of drug-likeness (QED) is 0.847. The predicted molar refractivity (Wildman–Crippen MR) is 87.9 cm³/mol. The molecule has 0 radical (unpaired) electrons. The molecule has 1 aliphatic heterocycles. The lowest BCUT2D eigenvalue weighted by Crippen LogP contribution is -2.51. The van der Waals surface area contributed by atoms with Gasteiger partial charge in [0, 0.05) is 37.9 Å². The van der Waals surface area contributed by atoms with Crippen LogP contribution in [0.25, 0.3) is 0 Å². The van der Waals surface area contributed by atoms with Crippen LogP contribution in [0.2, 0.25) is 0 Å². The predicted octanol–water partition coefficient (Wildman–Crippen LogP) is 0.474. The number of carbonyl (C=O) groups excluding carboxylic acids is 1. The van der Waals surface area contributed by atoms with Crippen LogP contribution in [0.15, 0.2) is 6.07 Å². The molecule has 1 N–H and O–H groups in total. The Labute approximate surface area is 137 Å². The van der Waals surface area contributed by atoms with Crippen molar-refractivity contribution in [3.63, 3.8) is 0 Å². The van der Waals surface area contributed by atoms with E-state index in [4.69, 9.17) is 4.74 Å². The van der Waals surface area contributed by atoms with Gasteiger partial charge in [-0.05, 0) is 20.9 Å². The number of ether oxygens (including phenoxy) is 1. The average Bonchev–Trinajstić information content (AvgIpc) is 2.47. The number of anilines is 1. The third-order valence-electron chi connectivity index (χ3n) is 3.35. The van der Waals surface area contributed by atoms with E-state index < -0.39 is 0 Å². The van der Waals surface area contributed by atoms with Gasteiger partial charge in [-0.1, -0.05) is 0 Å². The highest BCUT2D eigenvalue weighted by Crippen LogP contribution is 2.17. The van der Waals surface area contributed by atoms with E-state index in [1.807, 2.05) is 24.8 Å². The third kappa shape index (κ3) is 4.71. The van der Waals surface area contributed by atoms with E-state index in [2.05, 4.69) is 20.2 Å². The largest absolute Gasteiger partial charge is 0.478 e. The monoisotopic (exact) mass is 329 g/mol. The summed E-state index contributed by atoms with van der Waals surface area (Å²) in [4.78, 5) is 24.7. The summed E-state index contributed by atoms with van der Waals surface area (Å²) in [5.74, 6) is 1.42. The zero-order chi connectivity index (χ0) is 15.2. The van der Waals surface area contributed by atoms with E-state index in [1.165, 1.54) is 0 Å². The number of amides is 1. The second-order valence-corrected chi connectivity index (χ2v) is 4.98.